The molecule has 1 aliphatic heterocycles. The summed E-state index contributed by atoms with van der Waals surface area (Å²) in [6, 6.07) is 21.1. The molecule has 6 aromatic rings. The lowest BCUT2D eigenvalue weighted by atomic mass is 9.86. The van der Waals surface area contributed by atoms with Crippen molar-refractivity contribution in [3.05, 3.63) is 142 Å². The minimum Gasteiger partial charge on any atom is -0.394 e. The second-order valence-corrected chi connectivity index (χ2v) is 13.8. The minimum absolute atomic E-state index is 0.00528. The lowest BCUT2D eigenvalue weighted by Crippen LogP contribution is -2.14. The molecule has 6 aromatic carbocycles. The molecule has 4 nitrogen and oxygen atoms in total. The highest BCUT2D eigenvalue weighted by molar-refractivity contribution is 7.48. The zero-order valence-electron chi connectivity index (χ0n) is 26.7. The van der Waals surface area contributed by atoms with Crippen molar-refractivity contribution in [1.82, 2.24) is 0 Å². The molecule has 14 heteroatoms. The van der Waals surface area contributed by atoms with E-state index in [0.717, 1.165) is 6.07 Å². The smallest absolute Gasteiger partial charge is 0.394 e. The molecule has 0 aromatic heterocycles. The van der Waals surface area contributed by atoms with Crippen molar-refractivity contribution < 1.29 is 58.0 Å². The number of alkyl halides is 9. The first kappa shape index (κ1) is 35.4. The fourth-order valence-electron chi connectivity index (χ4n) is 6.68. The zero-order valence-corrected chi connectivity index (χ0v) is 27.6. The summed E-state index contributed by atoms with van der Waals surface area (Å²) in [5.41, 5.74) is -4.12. The lowest BCUT2D eigenvalue weighted by molar-refractivity contribution is -0.143. The number of benzene rings is 6. The summed E-state index contributed by atoms with van der Waals surface area (Å²) in [7, 11) is -5.23. The molecule has 7 rings (SSSR count). The van der Waals surface area contributed by atoms with Gasteiger partial charge < -0.3 is 9.05 Å². The van der Waals surface area contributed by atoms with Gasteiger partial charge in [0, 0.05) is 35.1 Å². The Labute approximate surface area is 289 Å². The van der Waals surface area contributed by atoms with E-state index in [2.05, 4.69) is 0 Å². The van der Waals surface area contributed by atoms with Crippen LogP contribution in [0.1, 0.15) is 44.5 Å². The van der Waals surface area contributed by atoms with Gasteiger partial charge in [-0.2, -0.15) is 39.5 Å². The van der Waals surface area contributed by atoms with Crippen LogP contribution in [0.25, 0.3) is 32.7 Å². The molecule has 0 radical (unpaired) electrons. The fraction of sp³-hybridized carbons (Fsp3) is 0.158. The highest BCUT2D eigenvalue weighted by Crippen LogP contribution is 2.59. The van der Waals surface area contributed by atoms with E-state index in [0.29, 0.717) is 39.2 Å². The van der Waals surface area contributed by atoms with Gasteiger partial charge in [-0.25, -0.2) is 4.57 Å². The Bertz CT molecular complexity index is 2450. The molecule has 0 saturated heterocycles. The number of phosphoric ester groups is 1. The van der Waals surface area contributed by atoms with E-state index in [4.69, 9.17) is 9.05 Å². The van der Waals surface area contributed by atoms with Gasteiger partial charge >= 0.3 is 26.4 Å². The third-order valence-corrected chi connectivity index (χ3v) is 9.72. The molecular weight excluding hydrogens is 722 g/mol. The van der Waals surface area contributed by atoms with Crippen molar-refractivity contribution in [2.24, 2.45) is 0 Å². The number of fused-ring (bicyclic) bond motifs is 7. The molecular formula is C38H24F9O4P. The summed E-state index contributed by atoms with van der Waals surface area (Å²) >= 11 is 0. The first-order chi connectivity index (χ1) is 24.3. The number of phosphoric acid groups is 1. The van der Waals surface area contributed by atoms with Crippen molar-refractivity contribution >= 4 is 29.4 Å². The first-order valence-corrected chi connectivity index (χ1v) is 17.1. The topological polar surface area (TPSA) is 55.8 Å². The van der Waals surface area contributed by atoms with E-state index < -0.39 is 61.4 Å². The van der Waals surface area contributed by atoms with Crippen LogP contribution in [0.3, 0.4) is 0 Å². The molecule has 1 aliphatic rings. The summed E-state index contributed by atoms with van der Waals surface area (Å²) in [6.07, 6.45) is -16.1. The van der Waals surface area contributed by atoms with Gasteiger partial charge in [-0.15, -0.1) is 0 Å². The number of hydrogen-bond acceptors (Lipinski definition) is 3. The standard InChI is InChI=1S/C38H24F9O4P/c1-20-10-11-23(30(14-20)37(42,43)44)17-25-15-21-6-2-4-8-28(21)32-33-29-9-5-3-7-22(29)16-26(35(33)51-52(48,49)50-34(25)32)18-24-12-13-27(36(39,40)41)19-31(24)38(45,46)47/h2-16,19H,17-18H2,1H3,(H,48,49). The fourth-order valence-corrected chi connectivity index (χ4v) is 7.60. The number of rotatable bonds is 4. The summed E-state index contributed by atoms with van der Waals surface area (Å²) in [5.74, 6) is -0.644. The van der Waals surface area contributed by atoms with Gasteiger partial charge in [0.15, 0.2) is 0 Å². The van der Waals surface area contributed by atoms with Crippen LogP contribution in [0.2, 0.25) is 0 Å². The summed E-state index contributed by atoms with van der Waals surface area (Å²) in [4.78, 5) is 11.1. The van der Waals surface area contributed by atoms with Crippen LogP contribution >= 0.6 is 7.82 Å². The van der Waals surface area contributed by atoms with Gasteiger partial charge in [0.25, 0.3) is 0 Å². The first-order valence-electron chi connectivity index (χ1n) is 15.6. The maximum atomic E-state index is 14.2. The molecule has 52 heavy (non-hydrogen) atoms. The average molecular weight is 747 g/mol. The predicted molar refractivity (Wildman–Crippen MR) is 176 cm³/mol. The second kappa shape index (κ2) is 12.3. The molecule has 0 spiro atoms. The largest absolute Gasteiger partial charge is 0.584 e. The Kier molecular flexibility index (Phi) is 8.38. The normalized spacial score (nSPS) is 16.2. The van der Waals surface area contributed by atoms with Crippen molar-refractivity contribution in [3.8, 4) is 22.6 Å². The second-order valence-electron chi connectivity index (χ2n) is 12.5. The zero-order chi connectivity index (χ0) is 37.4. The molecule has 0 fully saturated rings. The average Bonchev–Trinajstić information content (AvgIpc) is 3.18. The monoisotopic (exact) mass is 746 g/mol. The Morgan fingerprint density at radius 1 is 0.558 bits per heavy atom. The van der Waals surface area contributed by atoms with Gasteiger partial charge in [-0.1, -0.05) is 72.3 Å². The Balaban J connectivity index is 1.53. The van der Waals surface area contributed by atoms with E-state index in [-0.39, 0.29) is 45.4 Å². The highest BCUT2D eigenvalue weighted by Gasteiger charge is 2.41. The van der Waals surface area contributed by atoms with Crippen LogP contribution in [0, 0.1) is 6.92 Å². The van der Waals surface area contributed by atoms with E-state index >= 15 is 0 Å². The van der Waals surface area contributed by atoms with Crippen molar-refractivity contribution in [1.29, 1.82) is 0 Å². The Morgan fingerprint density at radius 3 is 1.46 bits per heavy atom. The van der Waals surface area contributed by atoms with Crippen molar-refractivity contribution in [3.63, 3.8) is 0 Å². The third kappa shape index (κ3) is 6.59. The number of aryl methyl sites for hydroxylation is 1. The Morgan fingerprint density at radius 2 is 1.00 bits per heavy atom. The molecule has 1 unspecified atom stereocenters. The molecule has 1 N–H and O–H groups in total. The summed E-state index contributed by atoms with van der Waals surface area (Å²) in [6.45, 7) is 1.51. The van der Waals surface area contributed by atoms with Gasteiger partial charge in [0.2, 0.25) is 0 Å². The van der Waals surface area contributed by atoms with E-state index in [1.165, 1.54) is 31.2 Å². The summed E-state index contributed by atoms with van der Waals surface area (Å²) in [5, 5.41) is 1.73. The maximum absolute atomic E-state index is 14.2. The van der Waals surface area contributed by atoms with Crippen LogP contribution < -0.4 is 9.05 Å². The lowest BCUT2D eigenvalue weighted by Gasteiger charge is -2.20. The van der Waals surface area contributed by atoms with Crippen molar-refractivity contribution in [2.45, 2.75) is 38.3 Å². The molecule has 0 amide bonds. The van der Waals surface area contributed by atoms with Crippen LogP contribution in [-0.2, 0) is 35.9 Å². The maximum Gasteiger partial charge on any atom is 0.584 e. The number of hydrogen-bond donors (Lipinski definition) is 1. The molecule has 0 saturated carbocycles. The van der Waals surface area contributed by atoms with Gasteiger partial charge in [-0.3, -0.25) is 4.89 Å². The van der Waals surface area contributed by atoms with E-state index in [9.17, 15) is 49.0 Å². The van der Waals surface area contributed by atoms with Gasteiger partial charge in [-0.05, 0) is 69.9 Å². The molecule has 268 valence electrons. The molecule has 1 atom stereocenters. The molecule has 0 bridgehead atoms. The SMILES string of the molecule is Cc1ccc(Cc2cc3ccccc3c3c2OP(=O)(O)Oc2c(Cc4ccc(C(F)(F)F)cc4C(F)(F)F)cc4ccccc4c2-3)c(C(F)(F)F)c1. The van der Waals surface area contributed by atoms with Gasteiger partial charge in [0.1, 0.15) is 11.5 Å². The molecule has 1 heterocycles. The van der Waals surface area contributed by atoms with E-state index in [1.807, 2.05) is 0 Å². The van der Waals surface area contributed by atoms with Crippen LogP contribution in [0.5, 0.6) is 11.5 Å². The summed E-state index contributed by atoms with van der Waals surface area (Å²) < 4.78 is 151. The highest BCUT2D eigenvalue weighted by atomic mass is 31.2. The van der Waals surface area contributed by atoms with E-state index in [1.54, 1.807) is 48.5 Å². The van der Waals surface area contributed by atoms with Crippen molar-refractivity contribution in [2.75, 3.05) is 0 Å². The van der Waals surface area contributed by atoms with Crippen LogP contribution in [-0.4, -0.2) is 4.89 Å². The van der Waals surface area contributed by atoms with Crippen LogP contribution in [0.15, 0.2) is 97.1 Å². The minimum atomic E-state index is -5.23. The van der Waals surface area contributed by atoms with Gasteiger partial charge in [0.05, 0.1) is 16.7 Å². The number of halogens is 9. The quantitative estimate of drug-likeness (QED) is 0.144. The molecule has 0 aliphatic carbocycles. The third-order valence-electron chi connectivity index (χ3n) is 8.90. The Hall–Kier alpha value is -5.00. The predicted octanol–water partition coefficient (Wildman–Crippen LogP) is 12.1. The van der Waals surface area contributed by atoms with Crippen LogP contribution in [0.4, 0.5) is 39.5 Å².